The first-order chi connectivity index (χ1) is 7.50. The summed E-state index contributed by atoms with van der Waals surface area (Å²) in [5, 5.41) is 4.18. The molecule has 1 saturated heterocycles. The molecule has 0 aromatic carbocycles. The number of aryl methyl sites for hydroxylation is 1. The number of carbonyl (C=O) groups is 1. The van der Waals surface area contributed by atoms with Gasteiger partial charge in [-0.25, -0.2) is 8.42 Å². The molecule has 16 heavy (non-hydrogen) atoms. The van der Waals surface area contributed by atoms with E-state index in [9.17, 15) is 13.2 Å². The van der Waals surface area contributed by atoms with Gasteiger partial charge in [0.15, 0.2) is 16.1 Å². The van der Waals surface area contributed by atoms with Gasteiger partial charge >= 0.3 is 0 Å². The van der Waals surface area contributed by atoms with Crippen molar-refractivity contribution in [2.45, 2.75) is 12.8 Å². The highest BCUT2D eigenvalue weighted by Gasteiger charge is 2.28. The molecule has 1 aromatic rings. The lowest BCUT2D eigenvalue weighted by Gasteiger charge is -2.03. The highest BCUT2D eigenvalue weighted by atomic mass is 32.2. The topological polar surface area (TPSA) is 69.0 Å². The van der Waals surface area contributed by atoms with Gasteiger partial charge in [-0.15, -0.1) is 0 Å². The zero-order valence-electron chi connectivity index (χ0n) is 9.09. The standard InChI is InChI=1S/C10H14N2O3S/c1-12-10(6-13)5-9(11-12)4-8-2-3-16(14,15)7-8/h5-6,8H,2-4,7H2,1H3. The molecular formula is C10H14N2O3S. The van der Waals surface area contributed by atoms with E-state index in [1.54, 1.807) is 13.1 Å². The highest BCUT2D eigenvalue weighted by Crippen LogP contribution is 2.22. The Labute approximate surface area is 94.4 Å². The maximum atomic E-state index is 11.3. The van der Waals surface area contributed by atoms with Crippen LogP contribution in [0.25, 0.3) is 0 Å². The van der Waals surface area contributed by atoms with Gasteiger partial charge in [-0.05, 0) is 24.8 Å². The lowest BCUT2D eigenvalue weighted by atomic mass is 10.0. The molecule has 0 N–H and O–H groups in total. The van der Waals surface area contributed by atoms with Crippen LogP contribution in [0.5, 0.6) is 0 Å². The van der Waals surface area contributed by atoms with Gasteiger partial charge in [0.1, 0.15) is 5.69 Å². The third-order valence-corrected chi connectivity index (χ3v) is 4.75. The van der Waals surface area contributed by atoms with E-state index >= 15 is 0 Å². The van der Waals surface area contributed by atoms with Crippen molar-refractivity contribution in [1.82, 2.24) is 9.78 Å². The van der Waals surface area contributed by atoms with Crippen molar-refractivity contribution < 1.29 is 13.2 Å². The lowest BCUT2D eigenvalue weighted by molar-refractivity contribution is 0.111. The Balaban J connectivity index is 2.07. The second-order valence-corrected chi connectivity index (χ2v) is 6.50. The van der Waals surface area contributed by atoms with Crippen molar-refractivity contribution in [3.8, 4) is 0 Å². The summed E-state index contributed by atoms with van der Waals surface area (Å²) in [5.41, 5.74) is 1.32. The molecule has 1 fully saturated rings. The second kappa shape index (κ2) is 4.01. The Kier molecular flexibility index (Phi) is 2.84. The molecular weight excluding hydrogens is 228 g/mol. The largest absolute Gasteiger partial charge is 0.296 e. The molecule has 1 atom stereocenters. The molecule has 6 heteroatoms. The average molecular weight is 242 g/mol. The van der Waals surface area contributed by atoms with Crippen LogP contribution in [0, 0.1) is 5.92 Å². The van der Waals surface area contributed by atoms with Gasteiger partial charge in [-0.2, -0.15) is 5.10 Å². The Hall–Kier alpha value is -1.17. The second-order valence-electron chi connectivity index (χ2n) is 4.28. The first-order valence-electron chi connectivity index (χ1n) is 5.19. The molecule has 0 spiro atoms. The van der Waals surface area contributed by atoms with Crippen molar-refractivity contribution in [3.63, 3.8) is 0 Å². The summed E-state index contributed by atoms with van der Waals surface area (Å²) in [5.74, 6) is 0.685. The molecule has 1 aromatic heterocycles. The molecule has 1 aliphatic heterocycles. The van der Waals surface area contributed by atoms with Crippen LogP contribution in [0.1, 0.15) is 22.6 Å². The number of aldehydes is 1. The lowest BCUT2D eigenvalue weighted by Crippen LogP contribution is -2.08. The third kappa shape index (κ3) is 2.32. The first kappa shape index (κ1) is 11.3. The minimum Gasteiger partial charge on any atom is -0.296 e. The van der Waals surface area contributed by atoms with E-state index in [-0.39, 0.29) is 17.4 Å². The van der Waals surface area contributed by atoms with Crippen molar-refractivity contribution in [2.75, 3.05) is 11.5 Å². The van der Waals surface area contributed by atoms with Gasteiger partial charge in [-0.1, -0.05) is 0 Å². The van der Waals surface area contributed by atoms with Gasteiger partial charge in [0, 0.05) is 7.05 Å². The molecule has 1 aliphatic rings. The van der Waals surface area contributed by atoms with Gasteiger partial charge in [0.2, 0.25) is 0 Å². The zero-order valence-corrected chi connectivity index (χ0v) is 9.90. The van der Waals surface area contributed by atoms with Crippen LogP contribution in [0.4, 0.5) is 0 Å². The summed E-state index contributed by atoms with van der Waals surface area (Å²) >= 11 is 0. The van der Waals surface area contributed by atoms with Gasteiger partial charge < -0.3 is 0 Å². The molecule has 2 heterocycles. The van der Waals surface area contributed by atoms with E-state index in [4.69, 9.17) is 0 Å². The molecule has 0 aliphatic carbocycles. The first-order valence-corrected chi connectivity index (χ1v) is 7.01. The fraction of sp³-hybridized carbons (Fsp3) is 0.600. The highest BCUT2D eigenvalue weighted by molar-refractivity contribution is 7.91. The van der Waals surface area contributed by atoms with Crippen LogP contribution in [-0.4, -0.2) is 36.0 Å². The van der Waals surface area contributed by atoms with E-state index < -0.39 is 9.84 Å². The number of aromatic nitrogens is 2. The number of hydrogen-bond donors (Lipinski definition) is 0. The van der Waals surface area contributed by atoms with E-state index in [0.717, 1.165) is 12.0 Å². The number of hydrogen-bond acceptors (Lipinski definition) is 4. The van der Waals surface area contributed by atoms with Crippen LogP contribution in [0.2, 0.25) is 0 Å². The van der Waals surface area contributed by atoms with E-state index in [1.807, 2.05) is 0 Å². The van der Waals surface area contributed by atoms with Crippen LogP contribution in [-0.2, 0) is 23.3 Å². The third-order valence-electron chi connectivity index (χ3n) is 2.91. The van der Waals surface area contributed by atoms with Crippen LogP contribution in [0.15, 0.2) is 6.07 Å². The van der Waals surface area contributed by atoms with Crippen LogP contribution in [0.3, 0.4) is 0 Å². The molecule has 0 saturated carbocycles. The maximum absolute atomic E-state index is 11.3. The van der Waals surface area contributed by atoms with E-state index in [1.165, 1.54) is 4.68 Å². The van der Waals surface area contributed by atoms with Crippen LogP contribution >= 0.6 is 0 Å². The van der Waals surface area contributed by atoms with Crippen molar-refractivity contribution >= 4 is 16.1 Å². The smallest absolute Gasteiger partial charge is 0.168 e. The van der Waals surface area contributed by atoms with Gasteiger partial charge in [-0.3, -0.25) is 9.48 Å². The Morgan fingerprint density at radius 1 is 1.62 bits per heavy atom. The summed E-state index contributed by atoms with van der Waals surface area (Å²) in [6.07, 6.45) is 2.10. The van der Waals surface area contributed by atoms with E-state index in [2.05, 4.69) is 5.10 Å². The van der Waals surface area contributed by atoms with Crippen molar-refractivity contribution in [2.24, 2.45) is 13.0 Å². The van der Waals surface area contributed by atoms with E-state index in [0.29, 0.717) is 18.5 Å². The predicted octanol–water partition coefficient (Wildman–Crippen LogP) is 0.210. The van der Waals surface area contributed by atoms with Gasteiger partial charge in [0.25, 0.3) is 0 Å². The fourth-order valence-corrected chi connectivity index (χ4v) is 3.94. The number of sulfone groups is 1. The molecule has 0 amide bonds. The number of rotatable bonds is 3. The summed E-state index contributed by atoms with van der Waals surface area (Å²) in [6, 6.07) is 1.72. The monoisotopic (exact) mass is 242 g/mol. The molecule has 2 rings (SSSR count). The SMILES string of the molecule is Cn1nc(CC2CCS(=O)(=O)C2)cc1C=O. The average Bonchev–Trinajstić information content (AvgIpc) is 2.70. The van der Waals surface area contributed by atoms with Crippen LogP contribution < -0.4 is 0 Å². The summed E-state index contributed by atoms with van der Waals surface area (Å²) in [4.78, 5) is 10.6. The molecule has 1 unspecified atom stereocenters. The summed E-state index contributed by atoms with van der Waals surface area (Å²) in [6.45, 7) is 0. The fourth-order valence-electron chi connectivity index (χ4n) is 2.08. The van der Waals surface area contributed by atoms with Gasteiger partial charge in [0.05, 0.1) is 17.2 Å². The molecule has 0 bridgehead atoms. The van der Waals surface area contributed by atoms with Crippen molar-refractivity contribution in [1.29, 1.82) is 0 Å². The molecule has 5 nitrogen and oxygen atoms in total. The zero-order chi connectivity index (χ0) is 11.8. The summed E-state index contributed by atoms with van der Waals surface area (Å²) in [7, 11) is -1.12. The number of carbonyl (C=O) groups excluding carboxylic acids is 1. The maximum Gasteiger partial charge on any atom is 0.168 e. The Bertz CT molecular complexity index is 504. The molecule has 88 valence electrons. The normalized spacial score (nSPS) is 23.4. The summed E-state index contributed by atoms with van der Waals surface area (Å²) < 4.78 is 24.1. The number of nitrogens with zero attached hydrogens (tertiary/aromatic N) is 2. The minimum atomic E-state index is -2.83. The Morgan fingerprint density at radius 2 is 2.38 bits per heavy atom. The Morgan fingerprint density at radius 3 is 2.88 bits per heavy atom. The quantitative estimate of drug-likeness (QED) is 0.710. The molecule has 0 radical (unpaired) electrons. The minimum absolute atomic E-state index is 0.152. The predicted molar refractivity (Wildman–Crippen MR) is 59.1 cm³/mol. The van der Waals surface area contributed by atoms with Crippen molar-refractivity contribution in [3.05, 3.63) is 17.5 Å².